The van der Waals surface area contributed by atoms with Crippen molar-refractivity contribution in [3.8, 4) is 0 Å². The molecule has 0 aliphatic heterocycles. The lowest BCUT2D eigenvalue weighted by molar-refractivity contribution is 0.163. The second-order valence-corrected chi connectivity index (χ2v) is 5.36. The highest BCUT2D eigenvalue weighted by molar-refractivity contribution is 7.98. The van der Waals surface area contributed by atoms with Gasteiger partial charge >= 0.3 is 0 Å². The molecule has 0 spiro atoms. The van der Waals surface area contributed by atoms with Crippen LogP contribution < -0.4 is 0 Å². The first kappa shape index (κ1) is 13.6. The fraction of sp³-hybridized carbons (Fsp3) is 0.750. The summed E-state index contributed by atoms with van der Waals surface area (Å²) >= 11 is 1.83. The zero-order valence-corrected chi connectivity index (χ0v) is 11.2. The molecule has 1 unspecified atom stereocenters. The summed E-state index contributed by atoms with van der Waals surface area (Å²) in [4.78, 5) is 0. The van der Waals surface area contributed by atoms with Gasteiger partial charge in [0.25, 0.3) is 0 Å². The summed E-state index contributed by atoms with van der Waals surface area (Å²) in [5.41, 5.74) is 0.991. The average molecular weight is 242 g/mol. The highest BCUT2D eigenvalue weighted by Gasteiger charge is 2.08. The van der Waals surface area contributed by atoms with E-state index >= 15 is 0 Å². The molecule has 92 valence electrons. The summed E-state index contributed by atoms with van der Waals surface area (Å²) in [6.07, 6.45) is 6.45. The molecule has 1 aromatic heterocycles. The molecule has 0 radical (unpaired) electrons. The van der Waals surface area contributed by atoms with Gasteiger partial charge in [-0.15, -0.1) is 0 Å². The summed E-state index contributed by atoms with van der Waals surface area (Å²) in [5, 5.41) is 14.2. The van der Waals surface area contributed by atoms with E-state index in [0.717, 1.165) is 24.3 Å². The zero-order valence-electron chi connectivity index (χ0n) is 10.4. The van der Waals surface area contributed by atoms with Gasteiger partial charge in [0, 0.05) is 18.7 Å². The molecule has 1 N–H and O–H groups in total. The molecule has 0 fully saturated rings. The molecule has 1 aromatic rings. The summed E-state index contributed by atoms with van der Waals surface area (Å²) < 4.78 is 1.93. The lowest BCUT2D eigenvalue weighted by Crippen LogP contribution is -2.12. The van der Waals surface area contributed by atoms with Crippen LogP contribution in [0.2, 0.25) is 0 Å². The maximum Gasteiger partial charge on any atom is 0.0650 e. The first-order valence-electron chi connectivity index (χ1n) is 5.84. The Morgan fingerprint density at radius 3 is 2.81 bits per heavy atom. The van der Waals surface area contributed by atoms with Crippen LogP contribution in [0.5, 0.6) is 0 Å². The van der Waals surface area contributed by atoms with Crippen LogP contribution in [0.15, 0.2) is 12.3 Å². The fourth-order valence-electron chi connectivity index (χ4n) is 1.58. The van der Waals surface area contributed by atoms with Crippen LogP contribution in [0, 0.1) is 0 Å². The van der Waals surface area contributed by atoms with Crippen LogP contribution in [0.4, 0.5) is 0 Å². The summed E-state index contributed by atoms with van der Waals surface area (Å²) in [6.45, 7) is 4.21. The predicted octanol–water partition coefficient (Wildman–Crippen LogP) is 2.51. The second kappa shape index (κ2) is 6.97. The molecular formula is C12H22N2OS. The van der Waals surface area contributed by atoms with Crippen molar-refractivity contribution in [3.63, 3.8) is 0 Å². The molecule has 0 aliphatic carbocycles. The van der Waals surface area contributed by atoms with E-state index in [1.165, 1.54) is 0 Å². The zero-order chi connectivity index (χ0) is 12.0. The molecule has 1 heterocycles. The largest absolute Gasteiger partial charge is 0.393 e. The minimum atomic E-state index is -0.248. The van der Waals surface area contributed by atoms with E-state index in [0.29, 0.717) is 12.5 Å². The van der Waals surface area contributed by atoms with Crippen LogP contribution in [-0.2, 0) is 6.42 Å². The van der Waals surface area contributed by atoms with Gasteiger partial charge in [0.1, 0.15) is 0 Å². The van der Waals surface area contributed by atoms with Crippen molar-refractivity contribution in [2.75, 3.05) is 12.0 Å². The minimum absolute atomic E-state index is 0.248. The standard InChI is InChI=1S/C12H22N2OS/c1-10(2)14-7-6-11(13-14)9-12(15)5-4-8-16-3/h6-7,10,12,15H,4-5,8-9H2,1-3H3. The van der Waals surface area contributed by atoms with Crippen molar-refractivity contribution in [1.29, 1.82) is 0 Å². The highest BCUT2D eigenvalue weighted by atomic mass is 32.2. The molecule has 3 nitrogen and oxygen atoms in total. The molecule has 1 rings (SSSR count). The van der Waals surface area contributed by atoms with Crippen LogP contribution in [0.1, 0.15) is 38.4 Å². The Morgan fingerprint density at radius 1 is 1.50 bits per heavy atom. The third kappa shape index (κ3) is 4.58. The molecule has 0 saturated carbocycles. The Morgan fingerprint density at radius 2 is 2.25 bits per heavy atom. The van der Waals surface area contributed by atoms with Gasteiger partial charge in [0.05, 0.1) is 11.8 Å². The molecule has 1 atom stereocenters. The fourth-order valence-corrected chi connectivity index (χ4v) is 2.04. The number of aromatic nitrogens is 2. The highest BCUT2D eigenvalue weighted by Crippen LogP contribution is 2.10. The molecule has 0 aromatic carbocycles. The number of thioether (sulfide) groups is 1. The number of hydrogen-bond donors (Lipinski definition) is 1. The number of hydrogen-bond acceptors (Lipinski definition) is 3. The van der Waals surface area contributed by atoms with Gasteiger partial charge < -0.3 is 5.11 Å². The first-order chi connectivity index (χ1) is 7.63. The average Bonchev–Trinajstić information content (AvgIpc) is 2.66. The van der Waals surface area contributed by atoms with Gasteiger partial charge in [-0.05, 0) is 44.8 Å². The molecule has 0 saturated heterocycles. The lowest BCUT2D eigenvalue weighted by Gasteiger charge is -2.08. The lowest BCUT2D eigenvalue weighted by atomic mass is 10.1. The summed E-state index contributed by atoms with van der Waals surface area (Å²) in [6, 6.07) is 2.39. The Hall–Kier alpha value is -0.480. The summed E-state index contributed by atoms with van der Waals surface area (Å²) in [7, 11) is 0. The Bertz CT molecular complexity index is 299. The molecule has 0 bridgehead atoms. The smallest absolute Gasteiger partial charge is 0.0650 e. The van der Waals surface area contributed by atoms with Gasteiger partial charge in [0.15, 0.2) is 0 Å². The number of aliphatic hydroxyl groups is 1. The molecule has 16 heavy (non-hydrogen) atoms. The summed E-state index contributed by atoms with van der Waals surface area (Å²) in [5.74, 6) is 1.12. The van der Waals surface area contributed by atoms with E-state index in [2.05, 4.69) is 25.2 Å². The van der Waals surface area contributed by atoms with Crippen molar-refractivity contribution in [3.05, 3.63) is 18.0 Å². The normalized spacial score (nSPS) is 13.3. The van der Waals surface area contributed by atoms with E-state index in [1.54, 1.807) is 0 Å². The molecule has 0 amide bonds. The van der Waals surface area contributed by atoms with Gasteiger partial charge in [-0.1, -0.05) is 0 Å². The first-order valence-corrected chi connectivity index (χ1v) is 7.24. The van der Waals surface area contributed by atoms with Crippen LogP contribution in [0.3, 0.4) is 0 Å². The number of nitrogens with zero attached hydrogens (tertiary/aromatic N) is 2. The Kier molecular flexibility index (Phi) is 5.91. The van der Waals surface area contributed by atoms with E-state index in [-0.39, 0.29) is 6.10 Å². The topological polar surface area (TPSA) is 38.0 Å². The predicted molar refractivity (Wildman–Crippen MR) is 69.9 cm³/mol. The van der Waals surface area contributed by atoms with Gasteiger partial charge in [-0.3, -0.25) is 4.68 Å². The molecule has 0 aliphatic rings. The van der Waals surface area contributed by atoms with Gasteiger partial charge in [0.2, 0.25) is 0 Å². The van der Waals surface area contributed by atoms with E-state index in [1.807, 2.05) is 28.7 Å². The van der Waals surface area contributed by atoms with Crippen LogP contribution in [-0.4, -0.2) is 33.0 Å². The van der Waals surface area contributed by atoms with Crippen LogP contribution in [0.25, 0.3) is 0 Å². The van der Waals surface area contributed by atoms with Gasteiger partial charge in [-0.2, -0.15) is 16.9 Å². The monoisotopic (exact) mass is 242 g/mol. The van der Waals surface area contributed by atoms with Crippen molar-refractivity contribution in [2.24, 2.45) is 0 Å². The maximum absolute atomic E-state index is 9.82. The van der Waals surface area contributed by atoms with Crippen molar-refractivity contribution < 1.29 is 5.11 Å². The van der Waals surface area contributed by atoms with Crippen LogP contribution >= 0.6 is 11.8 Å². The minimum Gasteiger partial charge on any atom is -0.393 e. The van der Waals surface area contributed by atoms with Gasteiger partial charge in [-0.25, -0.2) is 0 Å². The Labute approximate surface area is 102 Å². The van der Waals surface area contributed by atoms with Crippen molar-refractivity contribution in [2.45, 2.75) is 45.3 Å². The third-order valence-electron chi connectivity index (χ3n) is 2.52. The second-order valence-electron chi connectivity index (χ2n) is 4.37. The van der Waals surface area contributed by atoms with E-state index < -0.39 is 0 Å². The molecular weight excluding hydrogens is 220 g/mol. The van der Waals surface area contributed by atoms with Crippen molar-refractivity contribution >= 4 is 11.8 Å². The Balaban J connectivity index is 2.34. The SMILES string of the molecule is CSCCCC(O)Cc1ccn(C(C)C)n1. The number of rotatable bonds is 7. The number of aliphatic hydroxyl groups excluding tert-OH is 1. The van der Waals surface area contributed by atoms with E-state index in [4.69, 9.17) is 0 Å². The van der Waals surface area contributed by atoms with E-state index in [9.17, 15) is 5.11 Å². The third-order valence-corrected chi connectivity index (χ3v) is 3.22. The maximum atomic E-state index is 9.82. The quantitative estimate of drug-likeness (QED) is 0.747. The van der Waals surface area contributed by atoms with Crippen molar-refractivity contribution in [1.82, 2.24) is 9.78 Å². The molecule has 4 heteroatoms.